The van der Waals surface area contributed by atoms with E-state index in [9.17, 15) is 0 Å². The highest BCUT2D eigenvalue weighted by Gasteiger charge is 2.20. The highest BCUT2D eigenvalue weighted by atomic mass is 16.3. The Morgan fingerprint density at radius 3 is 2.09 bits per heavy atom. The highest BCUT2D eigenvalue weighted by Crippen LogP contribution is 2.42. The molecule has 0 fully saturated rings. The van der Waals surface area contributed by atoms with Crippen LogP contribution in [0.15, 0.2) is 160 Å². The van der Waals surface area contributed by atoms with Gasteiger partial charge in [0, 0.05) is 32.6 Å². The smallest absolute Gasteiger partial charge is 0.161 e. The van der Waals surface area contributed by atoms with Gasteiger partial charge in [0.2, 0.25) is 0 Å². The van der Waals surface area contributed by atoms with Crippen LogP contribution in [0.4, 0.5) is 0 Å². The van der Waals surface area contributed by atoms with Gasteiger partial charge in [0.25, 0.3) is 0 Å². The monoisotopic (exact) mass is 575 g/mol. The molecule has 45 heavy (non-hydrogen) atoms. The van der Waals surface area contributed by atoms with Gasteiger partial charge < -0.3 is 13.4 Å². The number of hydrogen-bond donors (Lipinski definition) is 0. The summed E-state index contributed by atoms with van der Waals surface area (Å²) >= 11 is 0. The molecule has 0 aliphatic rings. The van der Waals surface area contributed by atoms with Crippen LogP contribution in [0.5, 0.6) is 0 Å². The first-order valence-corrected chi connectivity index (χ1v) is 15.3. The van der Waals surface area contributed by atoms with Crippen LogP contribution in [0.1, 0.15) is 0 Å². The predicted molar refractivity (Wildman–Crippen MR) is 186 cm³/mol. The van der Waals surface area contributed by atoms with Crippen molar-refractivity contribution in [2.45, 2.75) is 0 Å². The van der Waals surface area contributed by atoms with Gasteiger partial charge in [-0.15, -0.1) is 0 Å². The predicted octanol–water partition coefficient (Wildman–Crippen LogP) is 11.9. The van der Waals surface area contributed by atoms with E-state index in [4.69, 9.17) is 8.83 Å². The molecule has 3 heteroatoms. The maximum atomic E-state index is 6.64. The quantitative estimate of drug-likeness (QED) is 0.210. The average molecular weight is 576 g/mol. The van der Waals surface area contributed by atoms with Crippen molar-refractivity contribution in [2.24, 2.45) is 0 Å². The molecule has 0 bridgehead atoms. The molecular formula is C42H25NO2. The van der Waals surface area contributed by atoms with Crippen LogP contribution in [-0.2, 0) is 0 Å². The third kappa shape index (κ3) is 3.52. The molecule has 0 N–H and O–H groups in total. The van der Waals surface area contributed by atoms with Crippen LogP contribution in [0.2, 0.25) is 0 Å². The molecule has 0 saturated heterocycles. The van der Waals surface area contributed by atoms with E-state index in [-0.39, 0.29) is 0 Å². The second-order valence-electron chi connectivity index (χ2n) is 11.7. The minimum absolute atomic E-state index is 0.883. The maximum Gasteiger partial charge on any atom is 0.161 e. The van der Waals surface area contributed by atoms with Crippen LogP contribution >= 0.6 is 0 Å². The van der Waals surface area contributed by atoms with Gasteiger partial charge in [-0.3, -0.25) is 0 Å². The molecular weight excluding hydrogens is 550 g/mol. The highest BCUT2D eigenvalue weighted by molar-refractivity contribution is 6.19. The zero-order valence-electron chi connectivity index (χ0n) is 24.2. The Morgan fingerprint density at radius 1 is 0.422 bits per heavy atom. The summed E-state index contributed by atoms with van der Waals surface area (Å²) in [6.07, 6.45) is 0. The fourth-order valence-corrected chi connectivity index (χ4v) is 7.15. The summed E-state index contributed by atoms with van der Waals surface area (Å²) in [4.78, 5) is 0. The number of nitrogens with zero attached hydrogens (tertiary/aromatic N) is 1. The molecule has 0 atom stereocenters. The summed E-state index contributed by atoms with van der Waals surface area (Å²) in [6, 6.07) is 53.5. The lowest BCUT2D eigenvalue weighted by molar-refractivity contribution is 0.672. The summed E-state index contributed by atoms with van der Waals surface area (Å²) in [7, 11) is 0. The number of aromatic nitrogens is 1. The lowest BCUT2D eigenvalue weighted by atomic mass is 9.95. The zero-order chi connectivity index (χ0) is 29.5. The van der Waals surface area contributed by atoms with Gasteiger partial charge in [-0.1, -0.05) is 97.1 Å². The van der Waals surface area contributed by atoms with E-state index < -0.39 is 0 Å². The van der Waals surface area contributed by atoms with Gasteiger partial charge in [0.15, 0.2) is 5.58 Å². The Bertz CT molecular complexity index is 2760. The first-order valence-electron chi connectivity index (χ1n) is 15.3. The van der Waals surface area contributed by atoms with Gasteiger partial charge in [-0.2, -0.15) is 0 Å². The van der Waals surface area contributed by atoms with Crippen LogP contribution in [0.25, 0.3) is 93.6 Å². The number of para-hydroxylation sites is 2. The fourth-order valence-electron chi connectivity index (χ4n) is 7.15. The van der Waals surface area contributed by atoms with Crippen LogP contribution in [0.3, 0.4) is 0 Å². The first kappa shape index (κ1) is 24.4. The Morgan fingerprint density at radius 2 is 1.16 bits per heavy atom. The second kappa shape index (κ2) is 9.22. The number of rotatable bonds is 3. The van der Waals surface area contributed by atoms with E-state index in [1.165, 1.54) is 5.39 Å². The molecule has 0 aliphatic carbocycles. The van der Waals surface area contributed by atoms with E-state index in [1.807, 2.05) is 0 Å². The molecule has 3 heterocycles. The molecule has 10 aromatic rings. The molecule has 7 aromatic carbocycles. The standard InChI is InChI=1S/C42H25NO2/c1-2-13-30(14-3-1)43-36-18-7-6-16-33(36)42-40(43)34-22-21-28(25-38(34)45-42)27-11-8-12-29(24-27)31-17-9-19-37-39(31)35-23-20-26-10-4-5-15-32(26)41(35)44-37/h1-25H. The Kier molecular flexibility index (Phi) is 5.00. The third-order valence-corrected chi connectivity index (χ3v) is 9.19. The van der Waals surface area contributed by atoms with Crippen molar-refractivity contribution in [3.05, 3.63) is 152 Å². The molecule has 10 rings (SSSR count). The summed E-state index contributed by atoms with van der Waals surface area (Å²) in [5, 5.41) is 6.82. The lowest BCUT2D eigenvalue weighted by Crippen LogP contribution is -1.92. The molecule has 3 aromatic heterocycles. The van der Waals surface area contributed by atoms with Crippen molar-refractivity contribution in [3.63, 3.8) is 0 Å². The van der Waals surface area contributed by atoms with E-state index >= 15 is 0 Å². The van der Waals surface area contributed by atoms with Gasteiger partial charge in [-0.25, -0.2) is 0 Å². The summed E-state index contributed by atoms with van der Waals surface area (Å²) in [6.45, 7) is 0. The lowest BCUT2D eigenvalue weighted by Gasteiger charge is -2.09. The molecule has 210 valence electrons. The van der Waals surface area contributed by atoms with E-state index in [2.05, 4.69) is 156 Å². The molecule has 0 saturated carbocycles. The van der Waals surface area contributed by atoms with Gasteiger partial charge in [0.05, 0.1) is 5.52 Å². The average Bonchev–Trinajstić information content (AvgIpc) is 3.77. The Labute approximate surface area is 258 Å². The van der Waals surface area contributed by atoms with Crippen molar-refractivity contribution < 1.29 is 8.83 Å². The van der Waals surface area contributed by atoms with Gasteiger partial charge in [0.1, 0.15) is 22.3 Å². The molecule has 3 nitrogen and oxygen atoms in total. The number of benzene rings is 7. The summed E-state index contributed by atoms with van der Waals surface area (Å²) in [5.74, 6) is 0. The fraction of sp³-hybridized carbons (Fsp3) is 0. The Balaban J connectivity index is 1.14. The second-order valence-corrected chi connectivity index (χ2v) is 11.7. The van der Waals surface area contributed by atoms with Crippen LogP contribution < -0.4 is 0 Å². The van der Waals surface area contributed by atoms with Crippen LogP contribution in [-0.4, -0.2) is 4.57 Å². The van der Waals surface area contributed by atoms with Crippen molar-refractivity contribution >= 4 is 65.7 Å². The maximum absolute atomic E-state index is 6.64. The summed E-state index contributed by atoms with van der Waals surface area (Å²) in [5.41, 5.74) is 11.6. The number of hydrogen-bond acceptors (Lipinski definition) is 2. The third-order valence-electron chi connectivity index (χ3n) is 9.19. The van der Waals surface area contributed by atoms with Crippen molar-refractivity contribution in [1.29, 1.82) is 0 Å². The van der Waals surface area contributed by atoms with Crippen molar-refractivity contribution in [3.8, 4) is 27.9 Å². The summed E-state index contributed by atoms with van der Waals surface area (Å²) < 4.78 is 15.4. The van der Waals surface area contributed by atoms with Crippen LogP contribution in [0, 0.1) is 0 Å². The normalized spacial score (nSPS) is 12.0. The Hall–Kier alpha value is -6.06. The topological polar surface area (TPSA) is 31.2 Å². The number of fused-ring (bicyclic) bond motifs is 10. The largest absolute Gasteiger partial charge is 0.455 e. The van der Waals surface area contributed by atoms with E-state index in [0.29, 0.717) is 0 Å². The molecule has 0 amide bonds. The van der Waals surface area contributed by atoms with Gasteiger partial charge >= 0.3 is 0 Å². The van der Waals surface area contributed by atoms with Crippen molar-refractivity contribution in [1.82, 2.24) is 4.57 Å². The minimum Gasteiger partial charge on any atom is -0.455 e. The van der Waals surface area contributed by atoms with E-state index in [0.717, 1.165) is 88.2 Å². The zero-order valence-corrected chi connectivity index (χ0v) is 24.2. The van der Waals surface area contributed by atoms with E-state index in [1.54, 1.807) is 0 Å². The van der Waals surface area contributed by atoms with Crippen molar-refractivity contribution in [2.75, 3.05) is 0 Å². The SMILES string of the molecule is c1ccc(-n2c3ccccc3c3oc4cc(-c5cccc(-c6cccc7oc8c9ccccc9ccc8c67)c5)ccc4c32)cc1. The van der Waals surface area contributed by atoms with Gasteiger partial charge in [-0.05, 0) is 82.2 Å². The molecule has 0 radical (unpaired) electrons. The minimum atomic E-state index is 0.883. The molecule has 0 unspecified atom stereocenters. The first-order chi connectivity index (χ1) is 22.3. The number of furan rings is 2. The molecule has 0 aliphatic heterocycles. The molecule has 0 spiro atoms.